The van der Waals surface area contributed by atoms with Gasteiger partial charge in [-0.3, -0.25) is 9.59 Å². The molecule has 168 valence electrons. The lowest BCUT2D eigenvalue weighted by Crippen LogP contribution is -2.65. The Labute approximate surface area is 183 Å². The maximum Gasteiger partial charge on any atom is 0.246 e. The molecule has 1 N–H and O–H groups in total. The number of para-hydroxylation sites is 1. The minimum absolute atomic E-state index is 0.0885. The van der Waals surface area contributed by atoms with Gasteiger partial charge in [0.2, 0.25) is 11.8 Å². The average Bonchev–Trinajstić information content (AvgIpc) is 3.12. The number of rotatable bonds is 0. The Morgan fingerprint density at radius 2 is 1.94 bits per heavy atom. The van der Waals surface area contributed by atoms with Crippen LogP contribution in [0.15, 0.2) is 24.3 Å². The molecule has 4 heterocycles. The van der Waals surface area contributed by atoms with E-state index in [0.29, 0.717) is 51.5 Å². The van der Waals surface area contributed by atoms with Crippen molar-refractivity contribution >= 4 is 11.8 Å². The number of benzene rings is 1. The van der Waals surface area contributed by atoms with Crippen LogP contribution in [0.2, 0.25) is 0 Å². The molecule has 0 radical (unpaired) electrons. The number of ether oxygens (including phenoxy) is 3. The third-order valence-corrected chi connectivity index (χ3v) is 7.43. The van der Waals surface area contributed by atoms with E-state index >= 15 is 0 Å². The molecule has 3 fully saturated rings. The van der Waals surface area contributed by atoms with Gasteiger partial charge in [-0.25, -0.2) is 0 Å². The number of nitrogens with zero attached hydrogens (tertiary/aromatic N) is 1. The summed E-state index contributed by atoms with van der Waals surface area (Å²) < 4.78 is 18.1. The van der Waals surface area contributed by atoms with Crippen LogP contribution in [0.1, 0.15) is 56.4 Å². The fraction of sp³-hybridized carbons (Fsp3) is 0.667. The molecule has 2 saturated heterocycles. The second-order valence-electron chi connectivity index (χ2n) is 9.35. The summed E-state index contributed by atoms with van der Waals surface area (Å²) >= 11 is 0. The summed E-state index contributed by atoms with van der Waals surface area (Å²) in [4.78, 5) is 27.1. The fourth-order valence-electron chi connectivity index (χ4n) is 5.74. The summed E-state index contributed by atoms with van der Waals surface area (Å²) in [5, 5.41) is 3.15. The van der Waals surface area contributed by atoms with E-state index in [4.69, 9.17) is 14.2 Å². The standard InChI is InChI=1S/C24H32N2O5/c27-22-15-29-16-24(25-22)11-12-26-21(24)14-31-18-9-7-17(8-10-18)19-4-1-2-5-20(19)30-13-3-6-23(26)28/h1-2,4-5,17-18,21H,3,6-16H2,(H,25,27)/t17-,18+,21-,24+/m0/s1. The topological polar surface area (TPSA) is 77.1 Å². The first-order valence-electron chi connectivity index (χ1n) is 11.7. The first kappa shape index (κ1) is 20.8. The summed E-state index contributed by atoms with van der Waals surface area (Å²) in [7, 11) is 0. The van der Waals surface area contributed by atoms with Crippen LogP contribution in [0.25, 0.3) is 0 Å². The van der Waals surface area contributed by atoms with Crippen molar-refractivity contribution in [2.75, 3.05) is 33.0 Å². The van der Waals surface area contributed by atoms with Crippen LogP contribution in [0.4, 0.5) is 0 Å². The van der Waals surface area contributed by atoms with Crippen molar-refractivity contribution in [1.82, 2.24) is 10.2 Å². The van der Waals surface area contributed by atoms with Gasteiger partial charge < -0.3 is 24.4 Å². The number of fused-ring (bicyclic) bond motifs is 7. The van der Waals surface area contributed by atoms with E-state index in [1.54, 1.807) is 0 Å². The summed E-state index contributed by atoms with van der Waals surface area (Å²) in [5.74, 6) is 1.43. The maximum atomic E-state index is 13.1. The number of carbonyl (C=O) groups excluding carboxylic acids is 2. The zero-order valence-electron chi connectivity index (χ0n) is 18.0. The van der Waals surface area contributed by atoms with Crippen LogP contribution < -0.4 is 10.1 Å². The van der Waals surface area contributed by atoms with E-state index in [9.17, 15) is 9.59 Å². The van der Waals surface area contributed by atoms with Gasteiger partial charge in [-0.05, 0) is 56.1 Å². The Morgan fingerprint density at radius 1 is 1.10 bits per heavy atom. The van der Waals surface area contributed by atoms with Gasteiger partial charge in [0.15, 0.2) is 0 Å². The molecule has 1 aromatic rings. The Kier molecular flexibility index (Phi) is 5.89. The summed E-state index contributed by atoms with van der Waals surface area (Å²) in [6.07, 6.45) is 6.12. The SMILES string of the molecule is O=C1COC[C@@]2(CCN3C(=O)CCCOc4ccccc4[C@H]4CC[C@H](CC4)OC[C@H]32)N1. The number of carbonyl (C=O) groups is 2. The Balaban J connectivity index is 1.37. The van der Waals surface area contributed by atoms with Crippen molar-refractivity contribution in [3.63, 3.8) is 0 Å². The monoisotopic (exact) mass is 428 g/mol. The minimum Gasteiger partial charge on any atom is -0.493 e. The lowest BCUT2D eigenvalue weighted by Gasteiger charge is -2.41. The highest BCUT2D eigenvalue weighted by Gasteiger charge is 2.52. The highest BCUT2D eigenvalue weighted by Crippen LogP contribution is 2.39. The normalized spacial score (nSPS) is 34.3. The summed E-state index contributed by atoms with van der Waals surface area (Å²) in [6, 6.07) is 8.13. The molecule has 1 spiro atoms. The van der Waals surface area contributed by atoms with Crippen LogP contribution >= 0.6 is 0 Å². The maximum absolute atomic E-state index is 13.1. The number of nitrogens with one attached hydrogen (secondary N) is 1. The first-order chi connectivity index (χ1) is 15.1. The average molecular weight is 429 g/mol. The lowest BCUT2D eigenvalue weighted by molar-refractivity contribution is -0.143. The number of hydrogen-bond donors (Lipinski definition) is 1. The molecule has 2 amide bonds. The molecule has 7 nitrogen and oxygen atoms in total. The molecule has 1 saturated carbocycles. The quantitative estimate of drug-likeness (QED) is 0.687. The molecule has 1 aliphatic carbocycles. The number of morpholine rings is 1. The molecule has 2 atom stereocenters. The molecule has 2 bridgehead atoms. The van der Waals surface area contributed by atoms with Gasteiger partial charge in [-0.15, -0.1) is 0 Å². The molecular weight excluding hydrogens is 396 g/mol. The van der Waals surface area contributed by atoms with Gasteiger partial charge in [-0.2, -0.15) is 0 Å². The molecule has 1 aromatic carbocycles. The van der Waals surface area contributed by atoms with Crippen LogP contribution in [0, 0.1) is 0 Å². The lowest BCUT2D eigenvalue weighted by atomic mass is 9.82. The van der Waals surface area contributed by atoms with Crippen LogP contribution in [-0.2, 0) is 19.1 Å². The van der Waals surface area contributed by atoms with E-state index in [2.05, 4.69) is 17.4 Å². The smallest absolute Gasteiger partial charge is 0.246 e. The van der Waals surface area contributed by atoms with Crippen molar-refractivity contribution in [2.24, 2.45) is 0 Å². The van der Waals surface area contributed by atoms with Crippen LogP contribution in [0.3, 0.4) is 0 Å². The van der Waals surface area contributed by atoms with Crippen LogP contribution in [-0.4, -0.2) is 67.4 Å². The van der Waals surface area contributed by atoms with Gasteiger partial charge in [0.05, 0.1) is 37.5 Å². The number of hydrogen-bond acceptors (Lipinski definition) is 5. The van der Waals surface area contributed by atoms with Crippen molar-refractivity contribution < 1.29 is 23.8 Å². The zero-order valence-corrected chi connectivity index (χ0v) is 18.0. The predicted octanol–water partition coefficient (Wildman–Crippen LogP) is 2.39. The Hall–Kier alpha value is -2.12. The van der Waals surface area contributed by atoms with Crippen molar-refractivity contribution in [2.45, 2.75) is 68.5 Å². The predicted molar refractivity (Wildman–Crippen MR) is 114 cm³/mol. The third-order valence-electron chi connectivity index (χ3n) is 7.43. The second-order valence-corrected chi connectivity index (χ2v) is 9.35. The van der Waals surface area contributed by atoms with Crippen molar-refractivity contribution in [1.29, 1.82) is 0 Å². The van der Waals surface area contributed by atoms with Gasteiger partial charge in [0, 0.05) is 13.0 Å². The molecule has 0 unspecified atom stereocenters. The first-order valence-corrected chi connectivity index (χ1v) is 11.7. The van der Waals surface area contributed by atoms with Gasteiger partial charge in [-0.1, -0.05) is 18.2 Å². The largest absolute Gasteiger partial charge is 0.493 e. The van der Waals surface area contributed by atoms with E-state index < -0.39 is 5.54 Å². The molecule has 31 heavy (non-hydrogen) atoms. The van der Waals surface area contributed by atoms with E-state index in [1.165, 1.54) is 5.56 Å². The molecule has 7 heteroatoms. The number of amides is 2. The van der Waals surface area contributed by atoms with Crippen molar-refractivity contribution in [3.8, 4) is 5.75 Å². The Morgan fingerprint density at radius 3 is 2.77 bits per heavy atom. The van der Waals surface area contributed by atoms with Gasteiger partial charge >= 0.3 is 0 Å². The van der Waals surface area contributed by atoms with Gasteiger partial charge in [0.25, 0.3) is 0 Å². The third kappa shape index (κ3) is 4.17. The Bertz CT molecular complexity index is 822. The highest BCUT2D eigenvalue weighted by atomic mass is 16.5. The zero-order chi connectivity index (χ0) is 21.3. The molecule has 4 aliphatic heterocycles. The molecular formula is C24H32N2O5. The molecule has 5 aliphatic rings. The second kappa shape index (κ2) is 8.79. The van der Waals surface area contributed by atoms with Gasteiger partial charge in [0.1, 0.15) is 12.4 Å². The molecule has 0 aromatic heterocycles. The summed E-state index contributed by atoms with van der Waals surface area (Å²) in [5.41, 5.74) is 0.742. The van der Waals surface area contributed by atoms with Crippen molar-refractivity contribution in [3.05, 3.63) is 29.8 Å². The van der Waals surface area contributed by atoms with Crippen LogP contribution in [0.5, 0.6) is 5.75 Å². The van der Waals surface area contributed by atoms with E-state index in [0.717, 1.165) is 31.4 Å². The highest BCUT2D eigenvalue weighted by molar-refractivity contribution is 5.80. The fourth-order valence-corrected chi connectivity index (χ4v) is 5.74. The van der Waals surface area contributed by atoms with E-state index in [1.807, 2.05) is 17.0 Å². The molecule has 6 rings (SSSR count). The summed E-state index contributed by atoms with van der Waals surface area (Å²) in [6.45, 7) is 2.11. The minimum atomic E-state index is -0.539. The van der Waals surface area contributed by atoms with E-state index in [-0.39, 0.29) is 30.6 Å².